The number of fused-ring (bicyclic) bond motifs is 5. The van der Waals surface area contributed by atoms with E-state index in [2.05, 4.69) is 302 Å². The molecule has 0 atom stereocenters. The van der Waals surface area contributed by atoms with Crippen LogP contribution in [0, 0.1) is 0 Å². The summed E-state index contributed by atoms with van der Waals surface area (Å²) in [4.78, 5) is 0. The van der Waals surface area contributed by atoms with Crippen LogP contribution in [0.1, 0.15) is 0 Å². The minimum atomic E-state index is 1.12. The molecule has 1 heterocycles. The number of aromatic nitrogens is 1. The van der Waals surface area contributed by atoms with Gasteiger partial charge >= 0.3 is 0 Å². The van der Waals surface area contributed by atoms with E-state index in [-0.39, 0.29) is 0 Å². The van der Waals surface area contributed by atoms with Gasteiger partial charge in [-0.3, -0.25) is 0 Å². The Morgan fingerprint density at radius 2 is 0.467 bits per heavy atom. The molecular weight excluding hydrogens is 903 g/mol. The smallest absolute Gasteiger partial charge is 0.0541 e. The average molecular weight is 952 g/mol. The van der Waals surface area contributed by atoms with Gasteiger partial charge in [0.1, 0.15) is 0 Å². The van der Waals surface area contributed by atoms with Crippen molar-refractivity contribution in [3.05, 3.63) is 297 Å². The highest BCUT2D eigenvalue weighted by Crippen LogP contribution is 2.42. The average Bonchev–Trinajstić information content (AvgIpc) is 3.84. The SMILES string of the molecule is c1ccc(-c2ccc(-c3ccc(-c4ccc5c(c4)c4cc(-c6ccc(-c7ccc(-c8ccccc8)cc7)cc6)ccc4n5-c4cc(-c5cccc6ccccc56)cc(-c5cccc6ccccc56)c4)cc3)cc2)cc1. The lowest BCUT2D eigenvalue weighted by molar-refractivity contribution is 1.18. The zero-order valence-electron chi connectivity index (χ0n) is 41.2. The first-order chi connectivity index (χ1) is 37.1. The van der Waals surface area contributed by atoms with Crippen molar-refractivity contribution in [1.29, 1.82) is 0 Å². The van der Waals surface area contributed by atoms with Crippen molar-refractivity contribution in [2.45, 2.75) is 0 Å². The summed E-state index contributed by atoms with van der Waals surface area (Å²) >= 11 is 0. The lowest BCUT2D eigenvalue weighted by Gasteiger charge is -2.16. The molecule has 0 aliphatic carbocycles. The van der Waals surface area contributed by atoms with Gasteiger partial charge in [0, 0.05) is 16.5 Å². The van der Waals surface area contributed by atoms with Crippen molar-refractivity contribution in [3.63, 3.8) is 0 Å². The maximum absolute atomic E-state index is 2.49. The van der Waals surface area contributed by atoms with Crippen molar-refractivity contribution >= 4 is 43.4 Å². The molecule has 0 fully saturated rings. The standard InChI is InChI=1S/C74H49N/c1-3-13-50(14-4-1)52-25-29-54(30-26-52)56-33-37-58(38-34-56)62-41-43-73-71(48-62)72-49-63(59-39-35-57(36-40-59)55-31-27-53(28-32-55)51-15-5-2-6-16-51)42-44-74(72)75(73)66-46-64(69-23-11-19-60-17-7-9-21-67(60)69)45-65(47-66)70-24-12-20-61-18-8-10-22-68(61)70/h1-49H. The van der Waals surface area contributed by atoms with E-state index in [1.54, 1.807) is 0 Å². The quantitative estimate of drug-likeness (QED) is 0.136. The molecule has 0 aliphatic rings. The van der Waals surface area contributed by atoms with Gasteiger partial charge < -0.3 is 4.57 Å². The van der Waals surface area contributed by atoms with Crippen LogP contribution in [0.15, 0.2) is 297 Å². The predicted octanol–water partition coefficient (Wildman–Crippen LogP) is 20.4. The van der Waals surface area contributed by atoms with Crippen LogP contribution in [-0.2, 0) is 0 Å². The molecule has 1 heteroatoms. The van der Waals surface area contributed by atoms with Crippen LogP contribution in [0.25, 0.3) is 138 Å². The van der Waals surface area contributed by atoms with Gasteiger partial charge in [0.15, 0.2) is 0 Å². The molecule has 14 aromatic rings. The van der Waals surface area contributed by atoms with Crippen molar-refractivity contribution < 1.29 is 0 Å². The van der Waals surface area contributed by atoms with Gasteiger partial charge in [-0.1, -0.05) is 255 Å². The number of hydrogen-bond acceptors (Lipinski definition) is 0. The van der Waals surface area contributed by atoms with Gasteiger partial charge in [-0.25, -0.2) is 0 Å². The largest absolute Gasteiger partial charge is 0.309 e. The molecule has 0 saturated carbocycles. The molecular formula is C74H49N. The molecule has 0 aliphatic heterocycles. The molecule has 0 amide bonds. The summed E-state index contributed by atoms with van der Waals surface area (Å²) in [5.41, 5.74) is 22.7. The molecule has 350 valence electrons. The normalized spacial score (nSPS) is 11.5. The summed E-state index contributed by atoms with van der Waals surface area (Å²) < 4.78 is 2.49. The lowest BCUT2D eigenvalue weighted by atomic mass is 9.92. The van der Waals surface area contributed by atoms with Crippen molar-refractivity contribution in [2.75, 3.05) is 0 Å². The minimum Gasteiger partial charge on any atom is -0.309 e. The molecule has 0 unspecified atom stereocenters. The van der Waals surface area contributed by atoms with Crippen LogP contribution >= 0.6 is 0 Å². The summed E-state index contributed by atoms with van der Waals surface area (Å²) in [5.74, 6) is 0. The molecule has 13 aromatic carbocycles. The van der Waals surface area contributed by atoms with Crippen LogP contribution in [0.2, 0.25) is 0 Å². The highest BCUT2D eigenvalue weighted by molar-refractivity contribution is 6.12. The van der Waals surface area contributed by atoms with E-state index < -0.39 is 0 Å². The van der Waals surface area contributed by atoms with E-state index in [0.717, 1.165) is 16.7 Å². The third kappa shape index (κ3) is 8.18. The van der Waals surface area contributed by atoms with Crippen LogP contribution in [0.3, 0.4) is 0 Å². The zero-order chi connectivity index (χ0) is 49.7. The maximum Gasteiger partial charge on any atom is 0.0541 e. The number of nitrogens with zero attached hydrogens (tertiary/aromatic N) is 1. The van der Waals surface area contributed by atoms with Gasteiger partial charge in [0.2, 0.25) is 0 Å². The fourth-order valence-electron chi connectivity index (χ4n) is 11.3. The van der Waals surface area contributed by atoms with E-state index in [4.69, 9.17) is 0 Å². The molecule has 1 nitrogen and oxygen atoms in total. The Labute approximate surface area is 437 Å². The maximum atomic E-state index is 2.49. The van der Waals surface area contributed by atoms with Crippen LogP contribution in [-0.4, -0.2) is 4.57 Å². The van der Waals surface area contributed by atoms with E-state index >= 15 is 0 Å². The first-order valence-corrected chi connectivity index (χ1v) is 25.9. The molecule has 14 rings (SSSR count). The van der Waals surface area contributed by atoms with Gasteiger partial charge in [-0.15, -0.1) is 0 Å². The first-order valence-electron chi connectivity index (χ1n) is 25.9. The summed E-state index contributed by atoms with van der Waals surface area (Å²) in [7, 11) is 0. The van der Waals surface area contributed by atoms with Crippen LogP contribution in [0.4, 0.5) is 0 Å². The second kappa shape index (κ2) is 18.7. The highest BCUT2D eigenvalue weighted by Gasteiger charge is 2.18. The monoisotopic (exact) mass is 951 g/mol. The summed E-state index contributed by atoms with van der Waals surface area (Å²) in [6.45, 7) is 0. The number of rotatable bonds is 9. The molecule has 1 aromatic heterocycles. The molecule has 75 heavy (non-hydrogen) atoms. The Hall–Kier alpha value is -9.82. The van der Waals surface area contributed by atoms with Gasteiger partial charge in [-0.2, -0.15) is 0 Å². The molecule has 0 radical (unpaired) electrons. The highest BCUT2D eigenvalue weighted by atomic mass is 15.0. The summed E-state index contributed by atoms with van der Waals surface area (Å²) in [5, 5.41) is 7.36. The predicted molar refractivity (Wildman–Crippen MR) is 319 cm³/mol. The fourth-order valence-corrected chi connectivity index (χ4v) is 11.3. The van der Waals surface area contributed by atoms with Crippen molar-refractivity contribution in [3.8, 4) is 94.7 Å². The van der Waals surface area contributed by atoms with Crippen LogP contribution in [0.5, 0.6) is 0 Å². The van der Waals surface area contributed by atoms with E-state index in [1.807, 2.05) is 0 Å². The third-order valence-corrected chi connectivity index (χ3v) is 15.2. The first kappa shape index (κ1) is 43.9. The van der Waals surface area contributed by atoms with Gasteiger partial charge in [0.05, 0.1) is 11.0 Å². The van der Waals surface area contributed by atoms with Gasteiger partial charge in [-0.05, 0) is 153 Å². The van der Waals surface area contributed by atoms with E-state index in [0.29, 0.717) is 0 Å². The van der Waals surface area contributed by atoms with E-state index in [9.17, 15) is 0 Å². The van der Waals surface area contributed by atoms with Crippen molar-refractivity contribution in [1.82, 2.24) is 4.57 Å². The Balaban J connectivity index is 0.911. The van der Waals surface area contributed by atoms with Crippen molar-refractivity contribution in [2.24, 2.45) is 0 Å². The fraction of sp³-hybridized carbons (Fsp3) is 0. The topological polar surface area (TPSA) is 4.93 Å². The summed E-state index contributed by atoms with van der Waals surface area (Å²) in [6, 6.07) is 109. The lowest BCUT2D eigenvalue weighted by Crippen LogP contribution is -1.96. The summed E-state index contributed by atoms with van der Waals surface area (Å²) in [6.07, 6.45) is 0. The number of hydrogen-bond donors (Lipinski definition) is 0. The molecule has 0 spiro atoms. The Morgan fingerprint density at radius 3 is 0.840 bits per heavy atom. The molecule has 0 N–H and O–H groups in total. The van der Waals surface area contributed by atoms with Crippen LogP contribution < -0.4 is 0 Å². The minimum absolute atomic E-state index is 1.12. The number of benzene rings is 13. The Bertz CT molecular complexity index is 4100. The Kier molecular flexibility index (Phi) is 10.9. The molecule has 0 bridgehead atoms. The zero-order valence-corrected chi connectivity index (χ0v) is 41.2. The Morgan fingerprint density at radius 1 is 0.173 bits per heavy atom. The van der Waals surface area contributed by atoms with E-state index in [1.165, 1.54) is 121 Å². The second-order valence-corrected chi connectivity index (χ2v) is 19.7. The third-order valence-electron chi connectivity index (χ3n) is 15.2. The molecule has 0 saturated heterocycles. The van der Waals surface area contributed by atoms with Gasteiger partial charge in [0.25, 0.3) is 0 Å². The second-order valence-electron chi connectivity index (χ2n) is 19.7.